The zero-order valence-electron chi connectivity index (χ0n) is 14.0. The molecule has 3 fully saturated rings. The fourth-order valence-electron chi connectivity index (χ4n) is 4.29. The molecule has 0 radical (unpaired) electrons. The maximum Gasteiger partial charge on any atom is 0.237 e. The van der Waals surface area contributed by atoms with Crippen LogP contribution in [0, 0.1) is 16.7 Å². The Bertz CT molecular complexity index is 399. The van der Waals surface area contributed by atoms with Gasteiger partial charge < -0.3 is 20.1 Å². The maximum absolute atomic E-state index is 12.3. The van der Waals surface area contributed by atoms with E-state index in [2.05, 4.69) is 24.5 Å². The van der Waals surface area contributed by atoms with Crippen LogP contribution in [0.5, 0.6) is 0 Å². The van der Waals surface area contributed by atoms with Gasteiger partial charge in [-0.2, -0.15) is 0 Å². The molecule has 0 aromatic rings. The standard InChI is InChI=1S/C17H30N2O3/c1-16(2,13-3-7-21-8-4-13)11-18-14-15(20)19-12-17(14)5-9-22-10-6-17/h13-14,18H,3-12H2,1-2H3,(H,19,20). The molecule has 3 aliphatic rings. The van der Waals surface area contributed by atoms with E-state index in [0.29, 0.717) is 5.92 Å². The predicted molar refractivity (Wildman–Crippen MR) is 84.6 cm³/mol. The number of hydrogen-bond donors (Lipinski definition) is 2. The zero-order chi connectivity index (χ0) is 15.6. The average molecular weight is 310 g/mol. The minimum atomic E-state index is -0.0597. The quantitative estimate of drug-likeness (QED) is 0.822. The normalized spacial score (nSPS) is 29.7. The number of ether oxygens (including phenoxy) is 2. The Hall–Kier alpha value is -0.650. The number of amides is 1. The molecule has 1 spiro atoms. The van der Waals surface area contributed by atoms with Crippen molar-refractivity contribution in [2.45, 2.75) is 45.6 Å². The van der Waals surface area contributed by atoms with E-state index in [9.17, 15) is 4.79 Å². The first kappa shape index (κ1) is 16.2. The molecule has 5 heteroatoms. The van der Waals surface area contributed by atoms with E-state index in [1.807, 2.05) is 0 Å². The molecule has 0 bridgehead atoms. The van der Waals surface area contributed by atoms with Crippen molar-refractivity contribution >= 4 is 5.91 Å². The summed E-state index contributed by atoms with van der Waals surface area (Å²) in [5.41, 5.74) is 0.250. The van der Waals surface area contributed by atoms with Crippen LogP contribution in [0.25, 0.3) is 0 Å². The van der Waals surface area contributed by atoms with Crippen molar-refractivity contribution in [3.63, 3.8) is 0 Å². The summed E-state index contributed by atoms with van der Waals surface area (Å²) in [6, 6.07) is -0.0597. The highest BCUT2D eigenvalue weighted by atomic mass is 16.5. The van der Waals surface area contributed by atoms with E-state index < -0.39 is 0 Å². The fraction of sp³-hybridized carbons (Fsp3) is 0.941. The summed E-state index contributed by atoms with van der Waals surface area (Å²) in [5.74, 6) is 0.841. The first-order valence-electron chi connectivity index (χ1n) is 8.70. The molecule has 3 aliphatic heterocycles. The molecule has 2 N–H and O–H groups in total. The molecule has 1 amide bonds. The summed E-state index contributed by atoms with van der Waals surface area (Å²) in [7, 11) is 0. The third kappa shape index (κ3) is 3.17. The first-order valence-corrected chi connectivity index (χ1v) is 8.70. The van der Waals surface area contributed by atoms with Crippen LogP contribution in [-0.4, -0.2) is 51.5 Å². The fourth-order valence-corrected chi connectivity index (χ4v) is 4.29. The largest absolute Gasteiger partial charge is 0.381 e. The molecule has 126 valence electrons. The van der Waals surface area contributed by atoms with Crippen molar-refractivity contribution in [1.82, 2.24) is 10.6 Å². The van der Waals surface area contributed by atoms with Crippen LogP contribution in [0.2, 0.25) is 0 Å². The van der Waals surface area contributed by atoms with Gasteiger partial charge >= 0.3 is 0 Å². The third-order valence-corrected chi connectivity index (χ3v) is 6.07. The summed E-state index contributed by atoms with van der Waals surface area (Å²) in [6.45, 7) is 9.62. The molecule has 0 aromatic heterocycles. The molecule has 3 rings (SSSR count). The lowest BCUT2D eigenvalue weighted by molar-refractivity contribution is -0.123. The molecule has 1 atom stereocenters. The predicted octanol–water partition coefficient (Wildman–Crippen LogP) is 1.32. The molecule has 3 saturated heterocycles. The number of carbonyl (C=O) groups is 1. The Morgan fingerprint density at radius 1 is 1.18 bits per heavy atom. The van der Waals surface area contributed by atoms with E-state index in [0.717, 1.165) is 65.2 Å². The van der Waals surface area contributed by atoms with E-state index >= 15 is 0 Å². The summed E-state index contributed by atoms with van der Waals surface area (Å²) in [5, 5.41) is 6.69. The van der Waals surface area contributed by atoms with Gasteiger partial charge in [-0.15, -0.1) is 0 Å². The molecule has 0 aromatic carbocycles. The monoisotopic (exact) mass is 310 g/mol. The number of nitrogens with one attached hydrogen (secondary N) is 2. The van der Waals surface area contributed by atoms with Gasteiger partial charge in [0.2, 0.25) is 5.91 Å². The maximum atomic E-state index is 12.3. The lowest BCUT2D eigenvalue weighted by atomic mass is 9.72. The minimum Gasteiger partial charge on any atom is -0.381 e. The second-order valence-corrected chi connectivity index (χ2v) is 7.88. The highest BCUT2D eigenvalue weighted by Gasteiger charge is 2.49. The highest BCUT2D eigenvalue weighted by molar-refractivity contribution is 5.85. The van der Waals surface area contributed by atoms with Gasteiger partial charge in [0.1, 0.15) is 0 Å². The van der Waals surface area contributed by atoms with Gasteiger partial charge in [0.05, 0.1) is 6.04 Å². The van der Waals surface area contributed by atoms with Crippen LogP contribution in [0.3, 0.4) is 0 Å². The molecule has 3 heterocycles. The SMILES string of the molecule is CC(C)(CNC1C(=O)NCC12CCOCC2)C1CCOCC1. The van der Waals surface area contributed by atoms with Gasteiger partial charge in [-0.1, -0.05) is 13.8 Å². The Kier molecular flexibility index (Phi) is 4.76. The van der Waals surface area contributed by atoms with E-state index in [-0.39, 0.29) is 22.8 Å². The van der Waals surface area contributed by atoms with Crippen LogP contribution in [0.4, 0.5) is 0 Å². The summed E-state index contributed by atoms with van der Waals surface area (Å²) < 4.78 is 11.0. The molecule has 22 heavy (non-hydrogen) atoms. The molecular weight excluding hydrogens is 280 g/mol. The van der Waals surface area contributed by atoms with Crippen molar-refractivity contribution in [3.05, 3.63) is 0 Å². The van der Waals surface area contributed by atoms with Gasteiger partial charge in [-0.3, -0.25) is 4.79 Å². The second kappa shape index (κ2) is 6.46. The molecule has 5 nitrogen and oxygen atoms in total. The van der Waals surface area contributed by atoms with E-state index in [1.165, 1.54) is 0 Å². The number of carbonyl (C=O) groups excluding carboxylic acids is 1. The number of rotatable bonds is 4. The van der Waals surface area contributed by atoms with E-state index in [4.69, 9.17) is 9.47 Å². The first-order chi connectivity index (χ1) is 10.5. The summed E-state index contributed by atoms with van der Waals surface area (Å²) in [4.78, 5) is 12.3. The lowest BCUT2D eigenvalue weighted by Crippen LogP contribution is -2.52. The van der Waals surface area contributed by atoms with Gasteiger partial charge in [-0.25, -0.2) is 0 Å². The van der Waals surface area contributed by atoms with Crippen molar-refractivity contribution in [2.75, 3.05) is 39.5 Å². The Morgan fingerprint density at radius 3 is 2.50 bits per heavy atom. The van der Waals surface area contributed by atoms with Crippen LogP contribution in [-0.2, 0) is 14.3 Å². The van der Waals surface area contributed by atoms with Gasteiger partial charge in [0.25, 0.3) is 0 Å². The van der Waals surface area contributed by atoms with Crippen LogP contribution < -0.4 is 10.6 Å². The van der Waals surface area contributed by atoms with Crippen LogP contribution >= 0.6 is 0 Å². The smallest absolute Gasteiger partial charge is 0.237 e. The minimum absolute atomic E-state index is 0.0566. The average Bonchev–Trinajstić information content (AvgIpc) is 2.83. The Morgan fingerprint density at radius 2 is 1.82 bits per heavy atom. The second-order valence-electron chi connectivity index (χ2n) is 7.88. The third-order valence-electron chi connectivity index (χ3n) is 6.07. The van der Waals surface area contributed by atoms with Crippen molar-refractivity contribution in [1.29, 1.82) is 0 Å². The van der Waals surface area contributed by atoms with Crippen molar-refractivity contribution in [3.8, 4) is 0 Å². The zero-order valence-corrected chi connectivity index (χ0v) is 14.0. The van der Waals surface area contributed by atoms with Gasteiger partial charge in [0.15, 0.2) is 0 Å². The topological polar surface area (TPSA) is 59.6 Å². The van der Waals surface area contributed by atoms with Crippen LogP contribution in [0.15, 0.2) is 0 Å². The molecule has 1 unspecified atom stereocenters. The number of hydrogen-bond acceptors (Lipinski definition) is 4. The Balaban J connectivity index is 1.62. The van der Waals surface area contributed by atoms with Crippen LogP contribution in [0.1, 0.15) is 39.5 Å². The van der Waals surface area contributed by atoms with Crippen molar-refractivity contribution in [2.24, 2.45) is 16.7 Å². The highest BCUT2D eigenvalue weighted by Crippen LogP contribution is 2.39. The van der Waals surface area contributed by atoms with E-state index in [1.54, 1.807) is 0 Å². The van der Waals surface area contributed by atoms with Gasteiger partial charge in [-0.05, 0) is 37.0 Å². The molecule has 0 saturated carbocycles. The van der Waals surface area contributed by atoms with Gasteiger partial charge in [0, 0.05) is 44.9 Å². The molecule has 0 aliphatic carbocycles. The summed E-state index contributed by atoms with van der Waals surface area (Å²) >= 11 is 0. The Labute approximate surface area is 133 Å². The van der Waals surface area contributed by atoms with Crippen molar-refractivity contribution < 1.29 is 14.3 Å². The summed E-state index contributed by atoms with van der Waals surface area (Å²) in [6.07, 6.45) is 4.21. The lowest BCUT2D eigenvalue weighted by Gasteiger charge is -2.41. The molecular formula is C17H30N2O3.